The zero-order valence-electron chi connectivity index (χ0n) is 9.03. The van der Waals surface area contributed by atoms with Crippen LogP contribution in [0.2, 0.25) is 0 Å². The van der Waals surface area contributed by atoms with Crippen molar-refractivity contribution in [1.82, 2.24) is 5.32 Å². The largest absolute Gasteiger partial charge is 0.494 e. The number of carbonyl (C=O) groups excluding carboxylic acids is 1. The van der Waals surface area contributed by atoms with Gasteiger partial charge in [-0.15, -0.1) is 0 Å². The zero-order chi connectivity index (χ0) is 11.3. The fraction of sp³-hybridized carbons (Fsp3) is 0.700. The molecule has 0 aromatic rings. The Hall–Kier alpha value is -1.23. The van der Waals surface area contributed by atoms with Gasteiger partial charge in [-0.1, -0.05) is 13.8 Å². The van der Waals surface area contributed by atoms with Gasteiger partial charge in [0.05, 0.1) is 6.10 Å². The Morgan fingerprint density at radius 1 is 1.60 bits per heavy atom. The first-order chi connectivity index (χ1) is 7.11. The Kier molecular flexibility index (Phi) is 4.42. The van der Waals surface area contributed by atoms with Crippen molar-refractivity contribution in [3.05, 3.63) is 12.0 Å². The van der Waals surface area contributed by atoms with Gasteiger partial charge in [0.25, 0.3) is 5.91 Å². The summed E-state index contributed by atoms with van der Waals surface area (Å²) in [6.07, 6.45) is 0.750. The van der Waals surface area contributed by atoms with E-state index in [1.807, 2.05) is 13.8 Å². The highest BCUT2D eigenvalue weighted by Crippen LogP contribution is 2.04. The van der Waals surface area contributed by atoms with E-state index < -0.39 is 6.10 Å². The Morgan fingerprint density at radius 3 is 2.87 bits per heavy atom. The maximum atomic E-state index is 11.4. The van der Waals surface area contributed by atoms with E-state index in [0.717, 1.165) is 0 Å². The van der Waals surface area contributed by atoms with Gasteiger partial charge >= 0.3 is 0 Å². The van der Waals surface area contributed by atoms with E-state index in [4.69, 9.17) is 9.47 Å². The second-order valence-electron chi connectivity index (χ2n) is 3.72. The second kappa shape index (κ2) is 5.60. The lowest BCUT2D eigenvalue weighted by molar-refractivity contribution is -0.122. The van der Waals surface area contributed by atoms with Crippen LogP contribution in [0.1, 0.15) is 13.8 Å². The summed E-state index contributed by atoms with van der Waals surface area (Å²) < 4.78 is 10.0. The van der Waals surface area contributed by atoms with Gasteiger partial charge in [0.2, 0.25) is 5.76 Å². The lowest BCUT2D eigenvalue weighted by atomic mass is 10.1. The molecule has 0 spiro atoms. The van der Waals surface area contributed by atoms with Crippen molar-refractivity contribution in [2.75, 3.05) is 19.8 Å². The van der Waals surface area contributed by atoms with Crippen molar-refractivity contribution in [3.63, 3.8) is 0 Å². The number of ether oxygens (including phenoxy) is 2. The maximum Gasteiger partial charge on any atom is 0.289 e. The molecule has 1 aliphatic rings. The molecule has 5 heteroatoms. The molecule has 1 unspecified atom stereocenters. The summed E-state index contributed by atoms with van der Waals surface area (Å²) in [5.74, 6) is -0.0746. The number of aliphatic hydroxyl groups excluding tert-OH is 1. The number of hydrogen-bond donors (Lipinski definition) is 2. The molecule has 0 aliphatic carbocycles. The number of carbonyl (C=O) groups is 1. The maximum absolute atomic E-state index is 11.4. The van der Waals surface area contributed by atoms with Crippen LogP contribution in [0.4, 0.5) is 0 Å². The molecular formula is C10H17NO4. The van der Waals surface area contributed by atoms with Gasteiger partial charge in [0.15, 0.2) is 0 Å². The average molecular weight is 215 g/mol. The van der Waals surface area contributed by atoms with Crippen LogP contribution in [0.25, 0.3) is 0 Å². The summed E-state index contributed by atoms with van der Waals surface area (Å²) >= 11 is 0. The topological polar surface area (TPSA) is 67.8 Å². The first-order valence-corrected chi connectivity index (χ1v) is 5.02. The predicted octanol–water partition coefficient (Wildman–Crippen LogP) is 0.00770. The number of rotatable bonds is 4. The minimum absolute atomic E-state index is 0.114. The molecule has 0 aromatic heterocycles. The smallest absolute Gasteiger partial charge is 0.289 e. The van der Waals surface area contributed by atoms with Crippen LogP contribution in [0.15, 0.2) is 12.0 Å². The number of aliphatic hydroxyl groups is 1. The van der Waals surface area contributed by atoms with Crippen molar-refractivity contribution >= 4 is 5.91 Å². The molecule has 0 radical (unpaired) electrons. The molecule has 5 nitrogen and oxygen atoms in total. The number of nitrogens with one attached hydrogen (secondary N) is 1. The van der Waals surface area contributed by atoms with Crippen LogP contribution in [-0.2, 0) is 14.3 Å². The van der Waals surface area contributed by atoms with Crippen molar-refractivity contribution < 1.29 is 19.4 Å². The number of hydrogen-bond acceptors (Lipinski definition) is 4. The highest BCUT2D eigenvalue weighted by atomic mass is 16.6. The Bertz CT molecular complexity index is 250. The van der Waals surface area contributed by atoms with Gasteiger partial charge in [-0.3, -0.25) is 4.79 Å². The van der Waals surface area contributed by atoms with E-state index in [1.54, 1.807) is 0 Å². The van der Waals surface area contributed by atoms with E-state index in [9.17, 15) is 9.90 Å². The first-order valence-electron chi connectivity index (χ1n) is 5.02. The summed E-state index contributed by atoms with van der Waals surface area (Å²) in [6.45, 7) is 4.83. The fourth-order valence-corrected chi connectivity index (χ4v) is 1.01. The molecule has 1 heterocycles. The second-order valence-corrected chi connectivity index (χ2v) is 3.72. The first kappa shape index (κ1) is 11.8. The Labute approximate surface area is 89.1 Å². The predicted molar refractivity (Wildman–Crippen MR) is 53.8 cm³/mol. The van der Waals surface area contributed by atoms with E-state index in [0.29, 0.717) is 13.2 Å². The quantitative estimate of drug-likeness (QED) is 0.693. The Balaban J connectivity index is 2.32. The van der Waals surface area contributed by atoms with Crippen molar-refractivity contribution in [2.24, 2.45) is 5.92 Å². The molecule has 1 atom stereocenters. The standard InChI is InChI=1S/C10H17NO4/c1-7(2)8(12)5-11-10(13)9-6-14-3-4-15-9/h6-8,12H,3-5H2,1-2H3,(H,11,13). The molecule has 2 N–H and O–H groups in total. The lowest BCUT2D eigenvalue weighted by Crippen LogP contribution is -2.36. The summed E-state index contributed by atoms with van der Waals surface area (Å²) in [4.78, 5) is 11.4. The van der Waals surface area contributed by atoms with E-state index >= 15 is 0 Å². The molecule has 1 rings (SSSR count). The van der Waals surface area contributed by atoms with Crippen LogP contribution in [0.5, 0.6) is 0 Å². The third-order valence-corrected chi connectivity index (χ3v) is 2.11. The molecule has 0 saturated carbocycles. The van der Waals surface area contributed by atoms with Crippen LogP contribution in [0.3, 0.4) is 0 Å². The monoisotopic (exact) mass is 215 g/mol. The minimum atomic E-state index is -0.543. The minimum Gasteiger partial charge on any atom is -0.494 e. The molecule has 0 bridgehead atoms. The molecule has 0 fully saturated rings. The molecule has 1 aliphatic heterocycles. The summed E-state index contributed by atoms with van der Waals surface area (Å²) in [7, 11) is 0. The normalized spacial score (nSPS) is 17.5. The SMILES string of the molecule is CC(C)C(O)CNC(=O)C1=COCCO1. The van der Waals surface area contributed by atoms with Gasteiger partial charge in [-0.25, -0.2) is 0 Å². The zero-order valence-corrected chi connectivity index (χ0v) is 9.03. The third-order valence-electron chi connectivity index (χ3n) is 2.11. The van der Waals surface area contributed by atoms with Gasteiger partial charge < -0.3 is 19.9 Å². The molecule has 15 heavy (non-hydrogen) atoms. The van der Waals surface area contributed by atoms with Crippen LogP contribution in [-0.4, -0.2) is 36.9 Å². The van der Waals surface area contributed by atoms with Gasteiger partial charge in [-0.2, -0.15) is 0 Å². The molecule has 86 valence electrons. The fourth-order valence-electron chi connectivity index (χ4n) is 1.01. The van der Waals surface area contributed by atoms with E-state index in [-0.39, 0.29) is 24.1 Å². The average Bonchev–Trinajstić information content (AvgIpc) is 2.26. The molecule has 1 amide bonds. The third kappa shape index (κ3) is 3.79. The molecule has 0 saturated heterocycles. The number of amides is 1. The lowest BCUT2D eigenvalue weighted by Gasteiger charge is -2.18. The van der Waals surface area contributed by atoms with Crippen molar-refractivity contribution in [1.29, 1.82) is 0 Å². The van der Waals surface area contributed by atoms with Gasteiger partial charge in [-0.05, 0) is 5.92 Å². The summed E-state index contributed by atoms with van der Waals surface area (Å²) in [6, 6.07) is 0. The van der Waals surface area contributed by atoms with Crippen LogP contribution >= 0.6 is 0 Å². The highest BCUT2D eigenvalue weighted by molar-refractivity contribution is 5.91. The van der Waals surface area contributed by atoms with Crippen molar-refractivity contribution in [2.45, 2.75) is 20.0 Å². The molecule has 0 aromatic carbocycles. The van der Waals surface area contributed by atoms with Gasteiger partial charge in [0.1, 0.15) is 19.5 Å². The highest BCUT2D eigenvalue weighted by Gasteiger charge is 2.16. The molecular weight excluding hydrogens is 198 g/mol. The van der Waals surface area contributed by atoms with Crippen LogP contribution in [0, 0.1) is 5.92 Å². The van der Waals surface area contributed by atoms with E-state index in [1.165, 1.54) is 6.26 Å². The van der Waals surface area contributed by atoms with Crippen LogP contribution < -0.4 is 5.32 Å². The van der Waals surface area contributed by atoms with Crippen molar-refractivity contribution in [3.8, 4) is 0 Å². The summed E-state index contributed by atoms with van der Waals surface area (Å²) in [5.41, 5.74) is 0. The summed E-state index contributed by atoms with van der Waals surface area (Å²) in [5, 5.41) is 12.0. The van der Waals surface area contributed by atoms with Gasteiger partial charge in [0, 0.05) is 6.54 Å². The van der Waals surface area contributed by atoms with E-state index in [2.05, 4.69) is 5.32 Å². The Morgan fingerprint density at radius 2 is 2.33 bits per heavy atom.